The molecule has 3 saturated heterocycles. The summed E-state index contributed by atoms with van der Waals surface area (Å²) >= 11 is 0. The SMILES string of the molecule is C1CC2CCC1C2.CC(C)(C)OC(=O)C1CC2CCC1C2.O=C(O)C1C2CCC(O2)C1C(O)(OCCCO)OCCCO.O=C1CCC(=O)O1. The molecule has 286 valence electrons. The minimum absolute atomic E-state index is 0.0341. The quantitative estimate of drug-likeness (QED) is 0.104. The minimum Gasteiger partial charge on any atom is -0.481 e. The van der Waals surface area contributed by atoms with Crippen LogP contribution in [0.5, 0.6) is 0 Å². The van der Waals surface area contributed by atoms with Gasteiger partial charge in [-0.05, 0) is 95.8 Å². The van der Waals surface area contributed by atoms with Gasteiger partial charge in [-0.2, -0.15) is 0 Å². The van der Waals surface area contributed by atoms with E-state index in [1.165, 1.54) is 31.1 Å². The number of aliphatic hydroxyl groups excluding tert-OH is 2. The zero-order chi connectivity index (χ0) is 36.5. The summed E-state index contributed by atoms with van der Waals surface area (Å²) in [6.07, 6.45) is 14.3. The average Bonchev–Trinajstić information content (AvgIpc) is 3.92. The zero-order valence-electron chi connectivity index (χ0n) is 30.1. The largest absolute Gasteiger partial charge is 0.481 e. The molecule has 0 amide bonds. The highest BCUT2D eigenvalue weighted by Crippen LogP contribution is 2.50. The van der Waals surface area contributed by atoms with Crippen LogP contribution in [-0.4, -0.2) is 94.5 Å². The van der Waals surface area contributed by atoms with E-state index in [9.17, 15) is 29.4 Å². The smallest absolute Gasteiger partial charge is 0.314 e. The van der Waals surface area contributed by atoms with Crippen LogP contribution in [0, 0.1) is 41.4 Å². The molecule has 0 radical (unpaired) electrons. The Morgan fingerprint density at radius 2 is 1.30 bits per heavy atom. The molecule has 50 heavy (non-hydrogen) atoms. The summed E-state index contributed by atoms with van der Waals surface area (Å²) in [6, 6.07) is 0. The van der Waals surface area contributed by atoms with Gasteiger partial charge in [0.25, 0.3) is 5.97 Å². The second-order valence-electron chi connectivity index (χ2n) is 15.9. The van der Waals surface area contributed by atoms with Gasteiger partial charge < -0.3 is 44.1 Å². The summed E-state index contributed by atoms with van der Waals surface area (Å²) in [5.41, 5.74) is -0.321. The van der Waals surface area contributed by atoms with Crippen LogP contribution < -0.4 is 0 Å². The van der Waals surface area contributed by atoms with Crippen LogP contribution in [-0.2, 0) is 42.9 Å². The van der Waals surface area contributed by atoms with Crippen LogP contribution in [0.4, 0.5) is 0 Å². The maximum Gasteiger partial charge on any atom is 0.314 e. The van der Waals surface area contributed by atoms with Gasteiger partial charge in [-0.15, -0.1) is 0 Å². The molecule has 13 nitrogen and oxygen atoms in total. The van der Waals surface area contributed by atoms with Gasteiger partial charge in [0.2, 0.25) is 0 Å². The van der Waals surface area contributed by atoms with E-state index < -0.39 is 47.9 Å². The maximum atomic E-state index is 11.8. The van der Waals surface area contributed by atoms with Crippen LogP contribution in [0.2, 0.25) is 0 Å². The number of aliphatic carboxylic acids is 1. The van der Waals surface area contributed by atoms with Gasteiger partial charge in [0, 0.05) is 13.2 Å². The lowest BCUT2D eigenvalue weighted by molar-refractivity contribution is -0.395. The van der Waals surface area contributed by atoms with Crippen molar-refractivity contribution in [3.8, 4) is 0 Å². The number of cyclic esters (lactones) is 2. The number of ether oxygens (including phenoxy) is 5. The Kier molecular flexibility index (Phi) is 15.1. The summed E-state index contributed by atoms with van der Waals surface area (Å²) in [5.74, 6) is -1.61. The second-order valence-corrected chi connectivity index (χ2v) is 15.9. The molecule has 4 aliphatic carbocycles. The molecule has 4 saturated carbocycles. The molecule has 7 fully saturated rings. The van der Waals surface area contributed by atoms with Gasteiger partial charge in [0.1, 0.15) is 5.60 Å². The Morgan fingerprint density at radius 3 is 1.68 bits per heavy atom. The van der Waals surface area contributed by atoms with Crippen LogP contribution in [0.3, 0.4) is 0 Å². The van der Waals surface area contributed by atoms with Gasteiger partial charge in [-0.1, -0.05) is 32.1 Å². The van der Waals surface area contributed by atoms with Crippen molar-refractivity contribution < 1.29 is 63.3 Å². The first-order valence-corrected chi connectivity index (χ1v) is 18.8. The number of aliphatic hydroxyl groups is 3. The highest BCUT2D eigenvalue weighted by atomic mass is 16.8. The van der Waals surface area contributed by atoms with Crippen molar-refractivity contribution in [3.63, 3.8) is 0 Å². The van der Waals surface area contributed by atoms with Crippen LogP contribution >= 0.6 is 0 Å². The average molecular weight is 713 g/mol. The fraction of sp³-hybridized carbons (Fsp3) is 0.892. The van der Waals surface area contributed by atoms with Gasteiger partial charge in [0.05, 0.1) is 56.0 Å². The van der Waals surface area contributed by atoms with Gasteiger partial charge in [0.15, 0.2) is 0 Å². The van der Waals surface area contributed by atoms with E-state index in [0.29, 0.717) is 31.6 Å². The maximum absolute atomic E-state index is 11.8. The van der Waals surface area contributed by atoms with Crippen molar-refractivity contribution in [2.24, 2.45) is 41.4 Å². The van der Waals surface area contributed by atoms with Crippen molar-refractivity contribution in [1.29, 1.82) is 0 Å². The number of rotatable bonds is 11. The highest BCUT2D eigenvalue weighted by Gasteiger charge is 2.62. The molecule has 7 atom stereocenters. The number of hydrogen-bond acceptors (Lipinski definition) is 12. The minimum atomic E-state index is -2.09. The van der Waals surface area contributed by atoms with E-state index in [0.717, 1.165) is 12.3 Å². The van der Waals surface area contributed by atoms with Crippen molar-refractivity contribution in [1.82, 2.24) is 0 Å². The summed E-state index contributed by atoms with van der Waals surface area (Å²) in [7, 11) is 0. The molecule has 3 aliphatic heterocycles. The van der Waals surface area contributed by atoms with Gasteiger partial charge in [-0.25, -0.2) is 0 Å². The molecule has 7 unspecified atom stereocenters. The number of carboxylic acid groups (broad SMARTS) is 1. The molecule has 0 aromatic heterocycles. The number of carboxylic acids is 1. The van der Waals surface area contributed by atoms with Crippen LogP contribution in [0.1, 0.15) is 117 Å². The fourth-order valence-corrected chi connectivity index (χ4v) is 8.77. The van der Waals surface area contributed by atoms with Crippen LogP contribution in [0.25, 0.3) is 0 Å². The summed E-state index contributed by atoms with van der Waals surface area (Å²) in [4.78, 5) is 43.4. The molecule has 0 aromatic carbocycles. The Balaban J connectivity index is 0.000000168. The third kappa shape index (κ3) is 11.4. The number of esters is 3. The molecule has 3 heterocycles. The normalized spacial score (nSPS) is 33.2. The third-order valence-corrected chi connectivity index (χ3v) is 11.0. The molecule has 7 aliphatic rings. The predicted molar refractivity (Wildman–Crippen MR) is 178 cm³/mol. The third-order valence-electron chi connectivity index (χ3n) is 11.0. The molecule has 6 bridgehead atoms. The molecule has 7 rings (SSSR count). The summed E-state index contributed by atoms with van der Waals surface area (Å²) in [5, 5.41) is 37.9. The first-order chi connectivity index (χ1) is 23.7. The molecule has 13 heteroatoms. The van der Waals surface area contributed by atoms with Crippen molar-refractivity contribution in [2.75, 3.05) is 26.4 Å². The summed E-state index contributed by atoms with van der Waals surface area (Å²) < 4.78 is 25.9. The molecule has 0 aromatic rings. The lowest BCUT2D eigenvalue weighted by Gasteiger charge is -2.38. The number of carbonyl (C=O) groups excluding carboxylic acids is 3. The van der Waals surface area contributed by atoms with Crippen molar-refractivity contribution in [2.45, 2.75) is 141 Å². The first kappa shape index (κ1) is 40.6. The monoisotopic (exact) mass is 712 g/mol. The van der Waals surface area contributed by atoms with Gasteiger partial charge >= 0.3 is 23.9 Å². The standard InChI is InChI=1S/C14H24O8.C12H20O2.C7H12.C4H4O3/c15-5-1-7-20-14(19,21-8-2-6-16)12-10-4-3-9(22-10)11(12)13(17)18;1-12(2,3)14-11(13)10-7-8-4-5-9(10)6-8;1-2-7-4-3-6(1)5-7;5-3-1-2-4(6)7-3/h9-12,15-16,19H,1-8H2,(H,17,18);8-10H,4-7H2,1-3H3;6-7H,1-5H2;1-2H2. The molecular weight excluding hydrogens is 652 g/mol. The topological polar surface area (TPSA) is 195 Å². The second kappa shape index (κ2) is 18.6. The lowest BCUT2D eigenvalue weighted by atomic mass is 9.77. The molecule has 4 N–H and O–H groups in total. The summed E-state index contributed by atoms with van der Waals surface area (Å²) in [6.45, 7) is 5.68. The Morgan fingerprint density at radius 1 is 0.760 bits per heavy atom. The Hall–Kier alpha value is -2.16. The number of hydrogen-bond donors (Lipinski definition) is 4. The Labute approximate surface area is 295 Å². The van der Waals surface area contributed by atoms with Crippen molar-refractivity contribution >= 4 is 23.9 Å². The molecule has 0 spiro atoms. The number of carbonyl (C=O) groups is 4. The number of fused-ring (bicyclic) bond motifs is 6. The lowest BCUT2D eigenvalue weighted by Crippen LogP contribution is -2.53. The van der Waals surface area contributed by atoms with Crippen LogP contribution in [0.15, 0.2) is 0 Å². The van der Waals surface area contributed by atoms with E-state index in [2.05, 4.69) is 4.74 Å². The van der Waals surface area contributed by atoms with E-state index in [-0.39, 0.29) is 56.8 Å². The predicted octanol–water partition coefficient (Wildman–Crippen LogP) is 4.12. The van der Waals surface area contributed by atoms with E-state index in [4.69, 9.17) is 29.2 Å². The zero-order valence-corrected chi connectivity index (χ0v) is 30.1. The van der Waals surface area contributed by atoms with Crippen molar-refractivity contribution in [3.05, 3.63) is 0 Å². The van der Waals surface area contributed by atoms with Gasteiger partial charge in [-0.3, -0.25) is 19.2 Å². The van der Waals surface area contributed by atoms with E-state index in [1.54, 1.807) is 32.1 Å². The fourth-order valence-electron chi connectivity index (χ4n) is 8.77. The van der Waals surface area contributed by atoms with E-state index >= 15 is 0 Å². The highest BCUT2D eigenvalue weighted by molar-refractivity contribution is 5.92. The first-order valence-electron chi connectivity index (χ1n) is 18.8. The molecular formula is C37H60O13. The Bertz CT molecular complexity index is 1090. The van der Waals surface area contributed by atoms with E-state index in [1.807, 2.05) is 20.8 Å².